The fraction of sp³-hybridized carbons (Fsp3) is 0.333. The SMILES string of the molecule is CCCOc1cccc(N2C(=O)C(c3ccc(OC)cc3)=C(N3CCOCC3)C2=O)c1. The molecule has 0 spiro atoms. The van der Waals surface area contributed by atoms with Crippen molar-refractivity contribution in [3.05, 3.63) is 59.8 Å². The molecule has 2 heterocycles. The third kappa shape index (κ3) is 4.14. The summed E-state index contributed by atoms with van der Waals surface area (Å²) in [6.07, 6.45) is 0.871. The molecule has 2 aliphatic rings. The third-order valence-electron chi connectivity index (χ3n) is 5.31. The van der Waals surface area contributed by atoms with Gasteiger partial charge in [-0.3, -0.25) is 9.59 Å². The maximum atomic E-state index is 13.6. The Morgan fingerprint density at radius 3 is 2.39 bits per heavy atom. The Balaban J connectivity index is 1.75. The zero-order chi connectivity index (χ0) is 21.8. The molecule has 2 aromatic carbocycles. The Hall–Kier alpha value is -3.32. The third-order valence-corrected chi connectivity index (χ3v) is 5.31. The van der Waals surface area contributed by atoms with Crippen LogP contribution in [0.25, 0.3) is 5.57 Å². The molecular weight excluding hydrogens is 396 g/mol. The van der Waals surface area contributed by atoms with Crippen LogP contribution in [0.5, 0.6) is 11.5 Å². The monoisotopic (exact) mass is 422 g/mol. The quantitative estimate of drug-likeness (QED) is 0.639. The fourth-order valence-electron chi connectivity index (χ4n) is 3.78. The van der Waals surface area contributed by atoms with Crippen LogP contribution in [0.15, 0.2) is 54.2 Å². The molecule has 1 fully saturated rings. The van der Waals surface area contributed by atoms with E-state index >= 15 is 0 Å². The molecule has 1 saturated heterocycles. The predicted molar refractivity (Wildman–Crippen MR) is 117 cm³/mol. The van der Waals surface area contributed by atoms with E-state index in [1.165, 1.54) is 4.90 Å². The molecular formula is C24H26N2O5. The van der Waals surface area contributed by atoms with Gasteiger partial charge in [0.25, 0.3) is 11.8 Å². The zero-order valence-electron chi connectivity index (χ0n) is 17.8. The van der Waals surface area contributed by atoms with Gasteiger partial charge in [-0.1, -0.05) is 25.1 Å². The van der Waals surface area contributed by atoms with Crippen molar-refractivity contribution in [3.63, 3.8) is 0 Å². The van der Waals surface area contributed by atoms with Gasteiger partial charge in [-0.15, -0.1) is 0 Å². The van der Waals surface area contributed by atoms with Crippen LogP contribution in [0.2, 0.25) is 0 Å². The van der Waals surface area contributed by atoms with Gasteiger partial charge in [0, 0.05) is 19.2 Å². The molecule has 162 valence electrons. The highest BCUT2D eigenvalue weighted by Gasteiger charge is 2.42. The number of nitrogens with zero attached hydrogens (tertiary/aromatic N) is 2. The van der Waals surface area contributed by atoms with Gasteiger partial charge in [0.15, 0.2) is 0 Å². The van der Waals surface area contributed by atoms with E-state index in [-0.39, 0.29) is 11.8 Å². The summed E-state index contributed by atoms with van der Waals surface area (Å²) in [4.78, 5) is 30.3. The number of hydrogen-bond acceptors (Lipinski definition) is 6. The molecule has 0 unspecified atom stereocenters. The number of imide groups is 1. The van der Waals surface area contributed by atoms with Crippen molar-refractivity contribution >= 4 is 23.1 Å². The maximum absolute atomic E-state index is 13.6. The second-order valence-electron chi connectivity index (χ2n) is 7.34. The lowest BCUT2D eigenvalue weighted by atomic mass is 10.0. The molecule has 0 aromatic heterocycles. The first-order valence-electron chi connectivity index (χ1n) is 10.5. The number of amides is 2. The maximum Gasteiger partial charge on any atom is 0.282 e. The second-order valence-corrected chi connectivity index (χ2v) is 7.34. The van der Waals surface area contributed by atoms with E-state index in [0.29, 0.717) is 66.9 Å². The van der Waals surface area contributed by atoms with Crippen molar-refractivity contribution in [1.82, 2.24) is 4.90 Å². The Kier molecular flexibility index (Phi) is 6.23. The van der Waals surface area contributed by atoms with E-state index in [1.54, 1.807) is 37.4 Å². The number of morpholine rings is 1. The fourth-order valence-corrected chi connectivity index (χ4v) is 3.78. The number of methoxy groups -OCH3 is 1. The lowest BCUT2D eigenvalue weighted by Crippen LogP contribution is -2.40. The molecule has 0 radical (unpaired) electrons. The van der Waals surface area contributed by atoms with Crippen molar-refractivity contribution in [2.45, 2.75) is 13.3 Å². The van der Waals surface area contributed by atoms with Gasteiger partial charge in [-0.05, 0) is 36.2 Å². The normalized spacial score (nSPS) is 16.8. The topological polar surface area (TPSA) is 68.3 Å². The summed E-state index contributed by atoms with van der Waals surface area (Å²) in [7, 11) is 1.59. The Labute approximate surface area is 181 Å². The van der Waals surface area contributed by atoms with Gasteiger partial charge < -0.3 is 19.1 Å². The molecule has 31 heavy (non-hydrogen) atoms. The highest BCUT2D eigenvalue weighted by atomic mass is 16.5. The molecule has 0 bridgehead atoms. The van der Waals surface area contributed by atoms with Crippen LogP contribution >= 0.6 is 0 Å². The minimum atomic E-state index is -0.343. The summed E-state index contributed by atoms with van der Waals surface area (Å²) in [5, 5.41) is 0. The summed E-state index contributed by atoms with van der Waals surface area (Å²) in [5.41, 5.74) is 1.99. The van der Waals surface area contributed by atoms with Crippen LogP contribution in [0.1, 0.15) is 18.9 Å². The lowest BCUT2D eigenvalue weighted by molar-refractivity contribution is -0.121. The average molecular weight is 422 g/mol. The van der Waals surface area contributed by atoms with Crippen molar-refractivity contribution in [2.75, 3.05) is 44.9 Å². The summed E-state index contributed by atoms with van der Waals surface area (Å²) in [6, 6.07) is 14.3. The van der Waals surface area contributed by atoms with Crippen LogP contribution in [0.4, 0.5) is 5.69 Å². The Bertz CT molecular complexity index is 993. The Morgan fingerprint density at radius 2 is 1.71 bits per heavy atom. The highest BCUT2D eigenvalue weighted by Crippen LogP contribution is 2.36. The number of carbonyl (C=O) groups excluding carboxylic acids is 2. The molecule has 7 heteroatoms. The number of anilines is 1. The molecule has 0 aliphatic carbocycles. The van der Waals surface area contributed by atoms with E-state index in [0.717, 1.165) is 6.42 Å². The number of hydrogen-bond donors (Lipinski definition) is 0. The van der Waals surface area contributed by atoms with Crippen molar-refractivity contribution < 1.29 is 23.8 Å². The van der Waals surface area contributed by atoms with Gasteiger partial charge in [-0.25, -0.2) is 4.90 Å². The van der Waals surface area contributed by atoms with E-state index in [4.69, 9.17) is 14.2 Å². The van der Waals surface area contributed by atoms with E-state index in [9.17, 15) is 9.59 Å². The van der Waals surface area contributed by atoms with Crippen LogP contribution in [0, 0.1) is 0 Å². The molecule has 2 amide bonds. The lowest BCUT2D eigenvalue weighted by Gasteiger charge is -2.29. The van der Waals surface area contributed by atoms with Crippen LogP contribution in [-0.4, -0.2) is 56.7 Å². The van der Waals surface area contributed by atoms with Gasteiger partial charge >= 0.3 is 0 Å². The van der Waals surface area contributed by atoms with E-state index < -0.39 is 0 Å². The summed E-state index contributed by atoms with van der Waals surface area (Å²) < 4.78 is 16.4. The molecule has 2 aliphatic heterocycles. The smallest absolute Gasteiger partial charge is 0.282 e. The van der Waals surface area contributed by atoms with Crippen molar-refractivity contribution in [2.24, 2.45) is 0 Å². The molecule has 0 atom stereocenters. The number of benzene rings is 2. The summed E-state index contributed by atoms with van der Waals surface area (Å²) >= 11 is 0. The second kappa shape index (κ2) is 9.22. The predicted octanol–water partition coefficient (Wildman–Crippen LogP) is 3.10. The van der Waals surface area contributed by atoms with E-state index in [1.807, 2.05) is 30.0 Å². The molecule has 2 aromatic rings. The molecule has 0 saturated carbocycles. The summed E-state index contributed by atoms with van der Waals surface area (Å²) in [6.45, 7) is 4.74. The molecule has 0 N–H and O–H groups in total. The average Bonchev–Trinajstić information content (AvgIpc) is 3.08. The van der Waals surface area contributed by atoms with Gasteiger partial charge in [0.2, 0.25) is 0 Å². The first-order chi connectivity index (χ1) is 15.1. The van der Waals surface area contributed by atoms with Crippen molar-refractivity contribution in [3.8, 4) is 11.5 Å². The minimum absolute atomic E-state index is 0.328. The first-order valence-corrected chi connectivity index (χ1v) is 10.5. The minimum Gasteiger partial charge on any atom is -0.497 e. The zero-order valence-corrected chi connectivity index (χ0v) is 17.8. The van der Waals surface area contributed by atoms with Crippen LogP contribution < -0.4 is 14.4 Å². The molecule has 7 nitrogen and oxygen atoms in total. The number of rotatable bonds is 7. The van der Waals surface area contributed by atoms with Gasteiger partial charge in [0.05, 0.1) is 38.2 Å². The van der Waals surface area contributed by atoms with Crippen LogP contribution in [-0.2, 0) is 14.3 Å². The van der Waals surface area contributed by atoms with Crippen molar-refractivity contribution in [1.29, 1.82) is 0 Å². The Morgan fingerprint density at radius 1 is 0.968 bits per heavy atom. The largest absolute Gasteiger partial charge is 0.497 e. The first kappa shape index (κ1) is 20.9. The van der Waals surface area contributed by atoms with Crippen LogP contribution in [0.3, 0.4) is 0 Å². The highest BCUT2D eigenvalue weighted by molar-refractivity contribution is 6.45. The van der Waals surface area contributed by atoms with E-state index in [2.05, 4.69) is 0 Å². The standard InChI is InChI=1S/C24H26N2O5/c1-3-13-31-20-6-4-5-18(16-20)26-23(27)21(17-7-9-19(29-2)10-8-17)22(24(26)28)25-11-14-30-15-12-25/h4-10,16H,3,11-15H2,1-2H3. The van der Waals surface area contributed by atoms with Gasteiger partial charge in [-0.2, -0.15) is 0 Å². The summed E-state index contributed by atoms with van der Waals surface area (Å²) in [5.74, 6) is 0.645. The van der Waals surface area contributed by atoms with Gasteiger partial charge in [0.1, 0.15) is 17.2 Å². The molecule has 4 rings (SSSR count). The number of carbonyl (C=O) groups is 2. The number of ether oxygens (including phenoxy) is 3.